The van der Waals surface area contributed by atoms with E-state index in [1.807, 2.05) is 0 Å². The summed E-state index contributed by atoms with van der Waals surface area (Å²) in [6.07, 6.45) is -7.43. The molecule has 1 aliphatic rings. The topological polar surface area (TPSA) is 0 Å². The van der Waals surface area contributed by atoms with E-state index >= 15 is 0 Å². The maximum Gasteiger partial charge on any atom is 0.428 e. The van der Waals surface area contributed by atoms with Gasteiger partial charge in [0, 0.05) is 0 Å². The highest BCUT2D eigenvalue weighted by Crippen LogP contribution is 2.74. The molecule has 0 radical (unpaired) electrons. The molecular weight excluding hydrogens is 473 g/mol. The summed E-state index contributed by atoms with van der Waals surface area (Å²) in [5.74, 6) is -30.3. The lowest BCUT2D eigenvalue weighted by atomic mass is 9.66. The summed E-state index contributed by atoms with van der Waals surface area (Å²) in [5, 5.41) is 0. The Morgan fingerprint density at radius 3 is 1.08 bits per heavy atom. The van der Waals surface area contributed by atoms with Gasteiger partial charge in [0.15, 0.2) is 0 Å². The van der Waals surface area contributed by atoms with Crippen molar-refractivity contribution >= 4 is 15.9 Å². The summed E-state index contributed by atoms with van der Waals surface area (Å²) < 4.78 is 191. The number of hydrogen-bond acceptors (Lipinski definition) is 0. The van der Waals surface area contributed by atoms with Gasteiger partial charge in [-0.2, -0.15) is 48.3 Å². The van der Waals surface area contributed by atoms with Crippen molar-refractivity contribution < 1.29 is 65.9 Å². The predicted octanol–water partition coefficient (Wildman–Crippen LogP) is 5.55. The molecule has 0 bridgehead atoms. The van der Waals surface area contributed by atoms with E-state index in [4.69, 9.17) is 0 Å². The summed E-state index contributed by atoms with van der Waals surface area (Å²) >= 11 is 0.487. The second kappa shape index (κ2) is 5.03. The van der Waals surface area contributed by atoms with Crippen LogP contribution in [0.1, 0.15) is 0 Å². The molecule has 16 heteroatoms. The summed E-state index contributed by atoms with van der Waals surface area (Å²) in [6, 6.07) is 0. The van der Waals surface area contributed by atoms with E-state index in [1.54, 1.807) is 0 Å². The van der Waals surface area contributed by atoms with Crippen molar-refractivity contribution in [1.29, 1.82) is 0 Å². The molecule has 1 rings (SSSR count). The van der Waals surface area contributed by atoms with Crippen LogP contribution in [-0.2, 0) is 0 Å². The molecule has 150 valence electrons. The van der Waals surface area contributed by atoms with Gasteiger partial charge in [-0.05, 0) is 15.9 Å². The largest absolute Gasteiger partial charge is 0.428 e. The monoisotopic (exact) mass is 474 g/mol. The lowest BCUT2D eigenvalue weighted by molar-refractivity contribution is -0.475. The molecule has 0 spiro atoms. The third-order valence-electron chi connectivity index (χ3n) is 3.62. The normalized spacial score (nSPS) is 38.9. The number of alkyl halides is 16. The molecule has 0 heterocycles. The Labute approximate surface area is 135 Å². The van der Waals surface area contributed by atoms with Crippen molar-refractivity contribution in [1.82, 2.24) is 0 Å². The van der Waals surface area contributed by atoms with Crippen molar-refractivity contribution in [3.05, 3.63) is 0 Å². The standard InChI is InChI=1S/C9H2BrF15/c10-4(14)7(19,20)5(15,16)3(13,6(17,18)8(4,21)22)2(12,1-11)9(23,24)25/h1H2. The minimum atomic E-state index is -7.92. The van der Waals surface area contributed by atoms with E-state index in [2.05, 4.69) is 0 Å². The van der Waals surface area contributed by atoms with Crippen LogP contribution in [0.2, 0.25) is 0 Å². The van der Waals surface area contributed by atoms with E-state index in [-0.39, 0.29) is 0 Å². The van der Waals surface area contributed by atoms with Crippen LogP contribution in [0.3, 0.4) is 0 Å². The minimum absolute atomic E-state index is 0.487. The quantitative estimate of drug-likeness (QED) is 0.363. The maximum absolute atomic E-state index is 14.0. The molecule has 0 aromatic carbocycles. The maximum atomic E-state index is 14.0. The van der Waals surface area contributed by atoms with E-state index in [9.17, 15) is 65.9 Å². The zero-order valence-electron chi connectivity index (χ0n) is 10.8. The number of rotatable bonds is 2. The first-order valence-electron chi connectivity index (χ1n) is 5.46. The Kier molecular flexibility index (Phi) is 4.52. The average Bonchev–Trinajstić information content (AvgIpc) is 2.41. The van der Waals surface area contributed by atoms with E-state index in [0.717, 1.165) is 0 Å². The Bertz CT molecular complexity index is 518. The molecular formula is C9H2BrF15. The first-order valence-corrected chi connectivity index (χ1v) is 6.25. The smallest absolute Gasteiger partial charge is 0.247 e. The SMILES string of the molecule is FCC(F)(C(F)(F)F)C1(F)C(F)(F)C(F)(F)C(F)(Br)C(F)(F)C1(F)F. The first kappa shape index (κ1) is 22.5. The van der Waals surface area contributed by atoms with E-state index < -0.39 is 52.5 Å². The molecule has 1 fully saturated rings. The van der Waals surface area contributed by atoms with Gasteiger partial charge in [0.05, 0.1) is 0 Å². The van der Waals surface area contributed by atoms with Crippen LogP contribution < -0.4 is 0 Å². The Balaban J connectivity index is 4.10. The molecule has 0 aliphatic heterocycles. The molecule has 1 unspecified atom stereocenters. The summed E-state index contributed by atoms with van der Waals surface area (Å²) in [6.45, 7) is -4.22. The first-order chi connectivity index (χ1) is 10.6. The van der Waals surface area contributed by atoms with Gasteiger partial charge in [0.2, 0.25) is 0 Å². The van der Waals surface area contributed by atoms with Crippen LogP contribution in [0.15, 0.2) is 0 Å². The highest BCUT2D eigenvalue weighted by Gasteiger charge is 3.05. The van der Waals surface area contributed by atoms with Crippen molar-refractivity contribution in [3.63, 3.8) is 0 Å². The summed E-state index contributed by atoms with van der Waals surface area (Å²) in [5.41, 5.74) is -15.2. The number of halogens is 16. The molecule has 0 aromatic rings. The molecule has 1 saturated carbocycles. The fourth-order valence-corrected chi connectivity index (χ4v) is 2.58. The summed E-state index contributed by atoms with van der Waals surface area (Å²) in [4.78, 5) is 0. The van der Waals surface area contributed by atoms with Crippen LogP contribution in [0, 0.1) is 0 Å². The van der Waals surface area contributed by atoms with Gasteiger partial charge < -0.3 is 0 Å². The van der Waals surface area contributed by atoms with Crippen LogP contribution in [-0.4, -0.2) is 52.5 Å². The Hall–Kier alpha value is -0.570. The van der Waals surface area contributed by atoms with Crippen LogP contribution in [0.25, 0.3) is 0 Å². The van der Waals surface area contributed by atoms with Gasteiger partial charge in [-0.15, -0.1) is 0 Å². The predicted molar refractivity (Wildman–Crippen MR) is 52.3 cm³/mol. The van der Waals surface area contributed by atoms with Crippen molar-refractivity contribution in [2.24, 2.45) is 0 Å². The van der Waals surface area contributed by atoms with Gasteiger partial charge >= 0.3 is 34.4 Å². The molecule has 1 aliphatic carbocycles. The van der Waals surface area contributed by atoms with Crippen molar-refractivity contribution in [3.8, 4) is 0 Å². The zero-order chi connectivity index (χ0) is 20.7. The van der Waals surface area contributed by atoms with Gasteiger partial charge in [-0.1, -0.05) is 0 Å². The second-order valence-corrected chi connectivity index (χ2v) is 6.06. The van der Waals surface area contributed by atoms with E-state index in [1.165, 1.54) is 0 Å². The fourth-order valence-electron chi connectivity index (χ4n) is 2.08. The fraction of sp³-hybridized carbons (Fsp3) is 1.00. The zero-order valence-corrected chi connectivity index (χ0v) is 12.3. The lowest BCUT2D eigenvalue weighted by Gasteiger charge is -2.56. The van der Waals surface area contributed by atoms with Gasteiger partial charge in [-0.25, -0.2) is 17.6 Å². The van der Waals surface area contributed by atoms with Gasteiger partial charge in [0.25, 0.3) is 11.3 Å². The molecule has 1 atom stereocenters. The summed E-state index contributed by atoms with van der Waals surface area (Å²) in [7, 11) is 0. The molecule has 25 heavy (non-hydrogen) atoms. The van der Waals surface area contributed by atoms with Crippen molar-refractivity contribution in [2.45, 2.75) is 45.8 Å². The molecule has 0 aromatic heterocycles. The van der Waals surface area contributed by atoms with Crippen LogP contribution in [0.4, 0.5) is 65.9 Å². The average molecular weight is 475 g/mol. The Morgan fingerprint density at radius 1 is 0.600 bits per heavy atom. The highest BCUT2D eigenvalue weighted by atomic mass is 79.9. The van der Waals surface area contributed by atoms with Crippen LogP contribution in [0.5, 0.6) is 0 Å². The molecule has 0 nitrogen and oxygen atoms in total. The van der Waals surface area contributed by atoms with Crippen molar-refractivity contribution in [2.75, 3.05) is 6.67 Å². The lowest BCUT2D eigenvalue weighted by Crippen LogP contribution is -2.89. The molecule has 0 amide bonds. The van der Waals surface area contributed by atoms with Crippen LogP contribution >= 0.6 is 15.9 Å². The molecule has 0 saturated heterocycles. The third kappa shape index (κ3) is 1.94. The molecule has 0 N–H and O–H groups in total. The van der Waals surface area contributed by atoms with E-state index in [0.29, 0.717) is 15.9 Å². The minimum Gasteiger partial charge on any atom is -0.247 e. The Morgan fingerprint density at radius 2 is 0.880 bits per heavy atom. The highest BCUT2D eigenvalue weighted by molar-refractivity contribution is 9.10. The van der Waals surface area contributed by atoms with Gasteiger partial charge in [0.1, 0.15) is 6.67 Å². The number of hydrogen-bond donors (Lipinski definition) is 0. The third-order valence-corrected chi connectivity index (χ3v) is 4.62. The van der Waals surface area contributed by atoms with Gasteiger partial charge in [-0.3, -0.25) is 0 Å². The second-order valence-electron chi connectivity index (χ2n) is 4.96.